The standard InChI is InChI=1S/C16H26ClNS/c1-10-9-13(19-15(10)17)14(18)11-5-7-12(8-6-11)16(2,3)4/h9,11-12,14H,5-8,18H2,1-4H3. The van der Waals surface area contributed by atoms with E-state index in [1.54, 1.807) is 11.3 Å². The van der Waals surface area contributed by atoms with Gasteiger partial charge in [0, 0.05) is 10.9 Å². The molecule has 2 rings (SSSR count). The van der Waals surface area contributed by atoms with Gasteiger partial charge in [-0.05, 0) is 61.5 Å². The molecule has 1 nitrogen and oxygen atoms in total. The number of aryl methyl sites for hydroxylation is 1. The Bertz CT molecular complexity index is 405. The summed E-state index contributed by atoms with van der Waals surface area (Å²) in [7, 11) is 0. The van der Waals surface area contributed by atoms with E-state index in [1.807, 2.05) is 0 Å². The predicted molar refractivity (Wildman–Crippen MR) is 85.9 cm³/mol. The number of nitrogens with two attached hydrogens (primary N) is 1. The van der Waals surface area contributed by atoms with E-state index < -0.39 is 0 Å². The lowest BCUT2D eigenvalue weighted by molar-refractivity contribution is 0.140. The molecule has 19 heavy (non-hydrogen) atoms. The number of rotatable bonds is 2. The summed E-state index contributed by atoms with van der Waals surface area (Å²) in [5.41, 5.74) is 8.07. The van der Waals surface area contributed by atoms with Gasteiger partial charge in [0.05, 0.1) is 4.34 Å². The van der Waals surface area contributed by atoms with Gasteiger partial charge in [0.15, 0.2) is 0 Å². The second-order valence-electron chi connectivity index (χ2n) is 7.11. The van der Waals surface area contributed by atoms with E-state index in [-0.39, 0.29) is 6.04 Å². The summed E-state index contributed by atoms with van der Waals surface area (Å²) in [5, 5.41) is 0. The summed E-state index contributed by atoms with van der Waals surface area (Å²) in [6.07, 6.45) is 5.16. The minimum atomic E-state index is 0.178. The van der Waals surface area contributed by atoms with Crippen molar-refractivity contribution in [1.82, 2.24) is 0 Å². The first-order chi connectivity index (χ1) is 8.79. The van der Waals surface area contributed by atoms with E-state index in [1.165, 1.54) is 36.1 Å². The molecule has 0 amide bonds. The van der Waals surface area contributed by atoms with Gasteiger partial charge < -0.3 is 5.73 Å². The monoisotopic (exact) mass is 299 g/mol. The molecule has 1 aromatic rings. The van der Waals surface area contributed by atoms with Crippen LogP contribution in [-0.4, -0.2) is 0 Å². The molecule has 0 bridgehead atoms. The summed E-state index contributed by atoms with van der Waals surface area (Å²) < 4.78 is 0.897. The third-order valence-corrected chi connectivity index (χ3v) is 6.37. The maximum absolute atomic E-state index is 6.46. The van der Waals surface area contributed by atoms with Gasteiger partial charge in [-0.3, -0.25) is 0 Å². The third-order valence-electron chi connectivity index (χ3n) is 4.71. The Hall–Kier alpha value is -0.0500. The molecular formula is C16H26ClNS. The molecule has 1 aliphatic rings. The Labute approximate surface area is 126 Å². The van der Waals surface area contributed by atoms with Gasteiger partial charge in [-0.2, -0.15) is 0 Å². The number of hydrogen-bond acceptors (Lipinski definition) is 2. The van der Waals surface area contributed by atoms with Crippen molar-refractivity contribution < 1.29 is 0 Å². The number of thiophene rings is 1. The van der Waals surface area contributed by atoms with E-state index >= 15 is 0 Å². The van der Waals surface area contributed by atoms with E-state index in [9.17, 15) is 0 Å². The van der Waals surface area contributed by atoms with Crippen LogP contribution in [0.2, 0.25) is 4.34 Å². The van der Waals surface area contributed by atoms with Crippen LogP contribution in [0.1, 0.15) is 62.9 Å². The molecule has 0 spiro atoms. The minimum Gasteiger partial charge on any atom is -0.323 e. The largest absolute Gasteiger partial charge is 0.323 e. The molecule has 2 N–H and O–H groups in total. The molecule has 0 aliphatic heterocycles. The second kappa shape index (κ2) is 5.75. The molecule has 1 atom stereocenters. The molecular weight excluding hydrogens is 274 g/mol. The highest BCUT2D eigenvalue weighted by molar-refractivity contribution is 7.16. The average molecular weight is 300 g/mol. The van der Waals surface area contributed by atoms with Crippen LogP contribution in [0.25, 0.3) is 0 Å². The van der Waals surface area contributed by atoms with Gasteiger partial charge in [0.1, 0.15) is 0 Å². The van der Waals surface area contributed by atoms with Crippen molar-refractivity contribution >= 4 is 22.9 Å². The summed E-state index contributed by atoms with van der Waals surface area (Å²) >= 11 is 7.82. The molecule has 1 fully saturated rings. The van der Waals surface area contributed by atoms with Crippen molar-refractivity contribution in [3.05, 3.63) is 20.8 Å². The zero-order valence-corrected chi connectivity index (χ0v) is 14.1. The fourth-order valence-corrected chi connectivity index (χ4v) is 4.54. The van der Waals surface area contributed by atoms with Gasteiger partial charge >= 0.3 is 0 Å². The van der Waals surface area contributed by atoms with Gasteiger partial charge in [0.25, 0.3) is 0 Å². The van der Waals surface area contributed by atoms with Gasteiger partial charge in [-0.1, -0.05) is 32.4 Å². The number of hydrogen-bond donors (Lipinski definition) is 1. The first kappa shape index (κ1) is 15.3. The van der Waals surface area contributed by atoms with Crippen LogP contribution in [0.3, 0.4) is 0 Å². The Kier molecular flexibility index (Phi) is 4.64. The van der Waals surface area contributed by atoms with E-state index in [4.69, 9.17) is 17.3 Å². The average Bonchev–Trinajstić information content (AvgIpc) is 2.68. The molecule has 1 heterocycles. The smallest absolute Gasteiger partial charge is 0.0960 e. The molecule has 1 aliphatic carbocycles. The van der Waals surface area contributed by atoms with E-state index in [0.717, 1.165) is 10.3 Å². The fraction of sp³-hybridized carbons (Fsp3) is 0.750. The number of halogens is 1. The molecule has 1 saturated carbocycles. The van der Waals surface area contributed by atoms with E-state index in [2.05, 4.69) is 33.8 Å². The van der Waals surface area contributed by atoms with Crippen LogP contribution in [0.15, 0.2) is 6.07 Å². The SMILES string of the molecule is Cc1cc(C(N)C2CCC(C(C)(C)C)CC2)sc1Cl. The maximum Gasteiger partial charge on any atom is 0.0960 e. The van der Waals surface area contributed by atoms with Gasteiger partial charge in [-0.25, -0.2) is 0 Å². The molecule has 1 aromatic heterocycles. The molecule has 0 radical (unpaired) electrons. The molecule has 0 saturated heterocycles. The Morgan fingerprint density at radius 2 is 1.84 bits per heavy atom. The first-order valence-corrected chi connectivity index (χ1v) is 8.50. The summed E-state index contributed by atoms with van der Waals surface area (Å²) in [4.78, 5) is 1.27. The normalized spacial score (nSPS) is 26.4. The van der Waals surface area contributed by atoms with Crippen molar-refractivity contribution in [2.45, 2.75) is 59.4 Å². The Balaban J connectivity index is 1.98. The lowest BCUT2D eigenvalue weighted by Gasteiger charge is -2.38. The second-order valence-corrected chi connectivity index (χ2v) is 8.79. The first-order valence-electron chi connectivity index (χ1n) is 7.30. The lowest BCUT2D eigenvalue weighted by atomic mass is 9.68. The Morgan fingerprint density at radius 3 is 2.26 bits per heavy atom. The summed E-state index contributed by atoms with van der Waals surface area (Å²) in [6, 6.07) is 2.35. The van der Waals surface area contributed by atoms with Crippen LogP contribution in [0.5, 0.6) is 0 Å². The fourth-order valence-electron chi connectivity index (χ4n) is 3.22. The Morgan fingerprint density at radius 1 is 1.26 bits per heavy atom. The van der Waals surface area contributed by atoms with Crippen LogP contribution >= 0.6 is 22.9 Å². The zero-order valence-electron chi connectivity index (χ0n) is 12.5. The minimum absolute atomic E-state index is 0.178. The van der Waals surface area contributed by atoms with Crippen LogP contribution < -0.4 is 5.73 Å². The predicted octanol–water partition coefficient (Wildman–Crippen LogP) is 5.56. The lowest BCUT2D eigenvalue weighted by Crippen LogP contribution is -2.30. The van der Waals surface area contributed by atoms with Crippen molar-refractivity contribution in [1.29, 1.82) is 0 Å². The molecule has 1 unspecified atom stereocenters. The summed E-state index contributed by atoms with van der Waals surface area (Å²) in [5.74, 6) is 1.48. The summed E-state index contributed by atoms with van der Waals surface area (Å²) in [6.45, 7) is 9.15. The van der Waals surface area contributed by atoms with Crippen LogP contribution in [-0.2, 0) is 0 Å². The highest BCUT2D eigenvalue weighted by Gasteiger charge is 2.32. The quantitative estimate of drug-likeness (QED) is 0.760. The van der Waals surface area contributed by atoms with Crippen molar-refractivity contribution in [3.63, 3.8) is 0 Å². The van der Waals surface area contributed by atoms with Crippen molar-refractivity contribution in [2.75, 3.05) is 0 Å². The highest BCUT2D eigenvalue weighted by Crippen LogP contribution is 2.44. The topological polar surface area (TPSA) is 26.0 Å². The molecule has 108 valence electrons. The van der Waals surface area contributed by atoms with Crippen molar-refractivity contribution in [2.24, 2.45) is 23.0 Å². The third kappa shape index (κ3) is 3.53. The van der Waals surface area contributed by atoms with Crippen molar-refractivity contribution in [3.8, 4) is 0 Å². The highest BCUT2D eigenvalue weighted by atomic mass is 35.5. The van der Waals surface area contributed by atoms with E-state index in [0.29, 0.717) is 11.3 Å². The van der Waals surface area contributed by atoms with Crippen LogP contribution in [0, 0.1) is 24.2 Å². The van der Waals surface area contributed by atoms with Gasteiger partial charge in [-0.15, -0.1) is 11.3 Å². The maximum atomic E-state index is 6.46. The zero-order chi connectivity index (χ0) is 14.2. The van der Waals surface area contributed by atoms with Gasteiger partial charge in [0.2, 0.25) is 0 Å². The van der Waals surface area contributed by atoms with Crippen LogP contribution in [0.4, 0.5) is 0 Å². The molecule has 0 aromatic carbocycles. The molecule has 3 heteroatoms.